The fourth-order valence-electron chi connectivity index (χ4n) is 1.43. The van der Waals surface area contributed by atoms with Crippen LogP contribution in [0.1, 0.15) is 5.82 Å². The molecule has 0 spiro atoms. The van der Waals surface area contributed by atoms with E-state index in [1.165, 1.54) is 3.57 Å². The summed E-state index contributed by atoms with van der Waals surface area (Å²) in [5.74, 6) is 1.96. The number of aryl methyl sites for hydroxylation is 1. The Balaban J connectivity index is 1.84. The van der Waals surface area contributed by atoms with Gasteiger partial charge in [0.2, 0.25) is 0 Å². The van der Waals surface area contributed by atoms with Gasteiger partial charge in [0.15, 0.2) is 0 Å². The number of halogens is 1. The van der Waals surface area contributed by atoms with Crippen LogP contribution in [0.25, 0.3) is 0 Å². The molecular formula is C12H13IN2O. The molecule has 84 valence electrons. The maximum Gasteiger partial charge on any atom is 0.119 e. The van der Waals surface area contributed by atoms with Crippen LogP contribution in [0.2, 0.25) is 0 Å². The van der Waals surface area contributed by atoms with E-state index >= 15 is 0 Å². The van der Waals surface area contributed by atoms with Crippen molar-refractivity contribution in [2.45, 2.75) is 6.42 Å². The van der Waals surface area contributed by atoms with Crippen molar-refractivity contribution in [2.75, 3.05) is 6.61 Å². The third-order valence-corrected chi connectivity index (χ3v) is 3.05. The lowest BCUT2D eigenvalue weighted by atomic mass is 10.3. The molecule has 0 atom stereocenters. The summed E-state index contributed by atoms with van der Waals surface area (Å²) in [7, 11) is 1.99. The minimum absolute atomic E-state index is 0.658. The van der Waals surface area contributed by atoms with Crippen molar-refractivity contribution < 1.29 is 4.74 Å². The molecule has 0 fully saturated rings. The highest BCUT2D eigenvalue weighted by atomic mass is 127. The molecule has 16 heavy (non-hydrogen) atoms. The van der Waals surface area contributed by atoms with E-state index in [1.807, 2.05) is 42.1 Å². The summed E-state index contributed by atoms with van der Waals surface area (Å²) in [5, 5.41) is 0. The summed E-state index contributed by atoms with van der Waals surface area (Å²) < 4.78 is 8.86. The zero-order valence-electron chi connectivity index (χ0n) is 9.06. The maximum absolute atomic E-state index is 5.63. The number of hydrogen-bond donors (Lipinski definition) is 0. The molecule has 0 aliphatic heterocycles. The fraction of sp³-hybridized carbons (Fsp3) is 0.250. The lowest BCUT2D eigenvalue weighted by Gasteiger charge is -2.06. The molecule has 1 aromatic heterocycles. The largest absolute Gasteiger partial charge is 0.493 e. The number of benzene rings is 1. The standard InChI is InChI=1S/C12H13IN2O/c1-15-8-7-14-12(15)6-9-16-11-4-2-10(13)3-5-11/h2-5,7-8H,6,9H2,1H3. The molecule has 0 amide bonds. The minimum Gasteiger partial charge on any atom is -0.493 e. The Morgan fingerprint density at radius 2 is 2.06 bits per heavy atom. The molecule has 0 radical (unpaired) electrons. The highest BCUT2D eigenvalue weighted by Gasteiger charge is 1.99. The van der Waals surface area contributed by atoms with Crippen LogP contribution in [0.5, 0.6) is 5.75 Å². The van der Waals surface area contributed by atoms with Gasteiger partial charge in [-0.2, -0.15) is 0 Å². The zero-order valence-corrected chi connectivity index (χ0v) is 11.2. The van der Waals surface area contributed by atoms with Gasteiger partial charge in [0.1, 0.15) is 11.6 Å². The molecule has 4 heteroatoms. The van der Waals surface area contributed by atoms with Gasteiger partial charge in [-0.3, -0.25) is 0 Å². The molecule has 0 aliphatic carbocycles. The Labute approximate surface area is 109 Å². The number of rotatable bonds is 4. The molecule has 2 rings (SSSR count). The van der Waals surface area contributed by atoms with Gasteiger partial charge in [-0.1, -0.05) is 0 Å². The summed E-state index contributed by atoms with van der Waals surface area (Å²) in [4.78, 5) is 4.24. The first kappa shape index (κ1) is 11.4. The van der Waals surface area contributed by atoms with Crippen LogP contribution in [-0.2, 0) is 13.5 Å². The number of hydrogen-bond acceptors (Lipinski definition) is 2. The van der Waals surface area contributed by atoms with Crippen LogP contribution in [-0.4, -0.2) is 16.2 Å². The Morgan fingerprint density at radius 3 is 2.69 bits per heavy atom. The second-order valence-corrected chi connectivity index (χ2v) is 4.75. The SMILES string of the molecule is Cn1ccnc1CCOc1ccc(I)cc1. The molecule has 0 saturated carbocycles. The molecule has 0 unspecified atom stereocenters. The van der Waals surface area contributed by atoms with E-state index in [1.54, 1.807) is 6.20 Å². The molecule has 2 aromatic rings. The summed E-state index contributed by atoms with van der Waals surface area (Å²) in [6.07, 6.45) is 4.58. The first-order valence-electron chi connectivity index (χ1n) is 5.10. The van der Waals surface area contributed by atoms with Gasteiger partial charge in [0, 0.05) is 29.4 Å². The van der Waals surface area contributed by atoms with Crippen molar-refractivity contribution in [2.24, 2.45) is 7.05 Å². The van der Waals surface area contributed by atoms with Gasteiger partial charge in [-0.25, -0.2) is 4.98 Å². The van der Waals surface area contributed by atoms with Crippen LogP contribution in [0, 0.1) is 3.57 Å². The van der Waals surface area contributed by atoms with Crippen molar-refractivity contribution in [1.82, 2.24) is 9.55 Å². The predicted octanol–water partition coefficient (Wildman–Crippen LogP) is 2.65. The van der Waals surface area contributed by atoms with E-state index in [-0.39, 0.29) is 0 Å². The quantitative estimate of drug-likeness (QED) is 0.807. The summed E-state index contributed by atoms with van der Waals surface area (Å²) in [6, 6.07) is 8.05. The third kappa shape index (κ3) is 2.98. The topological polar surface area (TPSA) is 27.1 Å². The van der Waals surface area contributed by atoms with Crippen LogP contribution in [0.3, 0.4) is 0 Å². The first-order valence-corrected chi connectivity index (χ1v) is 6.18. The van der Waals surface area contributed by atoms with Crippen molar-refractivity contribution in [3.63, 3.8) is 0 Å². The highest BCUT2D eigenvalue weighted by Crippen LogP contribution is 2.13. The lowest BCUT2D eigenvalue weighted by molar-refractivity contribution is 0.317. The summed E-state index contributed by atoms with van der Waals surface area (Å²) >= 11 is 2.28. The van der Waals surface area contributed by atoms with Gasteiger partial charge in [0.25, 0.3) is 0 Å². The number of aromatic nitrogens is 2. The summed E-state index contributed by atoms with van der Waals surface area (Å²) in [5.41, 5.74) is 0. The van der Waals surface area contributed by atoms with E-state index in [4.69, 9.17) is 4.74 Å². The average Bonchev–Trinajstić information content (AvgIpc) is 2.68. The van der Waals surface area contributed by atoms with E-state index in [2.05, 4.69) is 27.6 Å². The van der Waals surface area contributed by atoms with Gasteiger partial charge in [-0.15, -0.1) is 0 Å². The van der Waals surface area contributed by atoms with Gasteiger partial charge < -0.3 is 9.30 Å². The monoisotopic (exact) mass is 328 g/mol. The van der Waals surface area contributed by atoms with E-state index < -0.39 is 0 Å². The van der Waals surface area contributed by atoms with E-state index in [0.29, 0.717) is 6.61 Å². The lowest BCUT2D eigenvalue weighted by Crippen LogP contribution is -2.06. The molecule has 3 nitrogen and oxygen atoms in total. The van der Waals surface area contributed by atoms with E-state index in [0.717, 1.165) is 18.0 Å². The van der Waals surface area contributed by atoms with Crippen molar-refractivity contribution in [3.05, 3.63) is 46.1 Å². The zero-order chi connectivity index (χ0) is 11.4. The van der Waals surface area contributed by atoms with Crippen molar-refractivity contribution in [1.29, 1.82) is 0 Å². The second-order valence-electron chi connectivity index (χ2n) is 3.51. The molecule has 1 heterocycles. The normalized spacial score (nSPS) is 10.4. The first-order chi connectivity index (χ1) is 7.75. The number of ether oxygens (including phenoxy) is 1. The van der Waals surface area contributed by atoms with Crippen LogP contribution >= 0.6 is 22.6 Å². The number of imidazole rings is 1. The minimum atomic E-state index is 0.658. The van der Waals surface area contributed by atoms with Crippen LogP contribution < -0.4 is 4.74 Å². The van der Waals surface area contributed by atoms with Crippen LogP contribution in [0.4, 0.5) is 0 Å². The molecular weight excluding hydrogens is 315 g/mol. The molecule has 0 N–H and O–H groups in total. The fourth-order valence-corrected chi connectivity index (χ4v) is 1.79. The predicted molar refractivity (Wildman–Crippen MR) is 71.6 cm³/mol. The summed E-state index contributed by atoms with van der Waals surface area (Å²) in [6.45, 7) is 0.658. The van der Waals surface area contributed by atoms with Gasteiger partial charge in [-0.05, 0) is 46.9 Å². The van der Waals surface area contributed by atoms with Crippen molar-refractivity contribution in [3.8, 4) is 5.75 Å². The molecule has 0 aliphatic rings. The van der Waals surface area contributed by atoms with Gasteiger partial charge >= 0.3 is 0 Å². The average molecular weight is 328 g/mol. The smallest absolute Gasteiger partial charge is 0.119 e. The molecule has 0 bridgehead atoms. The van der Waals surface area contributed by atoms with Crippen molar-refractivity contribution >= 4 is 22.6 Å². The van der Waals surface area contributed by atoms with E-state index in [9.17, 15) is 0 Å². The highest BCUT2D eigenvalue weighted by molar-refractivity contribution is 14.1. The third-order valence-electron chi connectivity index (χ3n) is 2.33. The Kier molecular flexibility index (Phi) is 3.82. The number of nitrogens with zero attached hydrogens (tertiary/aromatic N) is 2. The van der Waals surface area contributed by atoms with Crippen LogP contribution in [0.15, 0.2) is 36.7 Å². The molecule has 1 aromatic carbocycles. The van der Waals surface area contributed by atoms with Gasteiger partial charge in [0.05, 0.1) is 6.61 Å². The molecule has 0 saturated heterocycles. The Morgan fingerprint density at radius 1 is 1.31 bits per heavy atom. The maximum atomic E-state index is 5.63. The second kappa shape index (κ2) is 5.34. The Bertz CT molecular complexity index is 450. The Hall–Kier alpha value is -1.04.